The second-order valence-electron chi connectivity index (χ2n) is 3.98. The van der Waals surface area contributed by atoms with Crippen LogP contribution in [0.5, 0.6) is 0 Å². The van der Waals surface area contributed by atoms with Gasteiger partial charge in [-0.1, -0.05) is 12.1 Å². The molecule has 1 saturated carbocycles. The summed E-state index contributed by atoms with van der Waals surface area (Å²) in [6.07, 6.45) is -3.25. The van der Waals surface area contributed by atoms with Crippen LogP contribution in [-0.4, -0.2) is 0 Å². The predicted molar refractivity (Wildman–Crippen MR) is 51.3 cm³/mol. The summed E-state index contributed by atoms with van der Waals surface area (Å²) < 4.78 is 51.8. The van der Waals surface area contributed by atoms with Gasteiger partial charge in [0.25, 0.3) is 0 Å². The number of halogens is 4. The number of alkyl halides is 3. The highest BCUT2D eigenvalue weighted by Gasteiger charge is 2.41. The van der Waals surface area contributed by atoms with Crippen LogP contribution < -0.4 is 5.73 Å². The molecule has 0 amide bonds. The average molecular weight is 233 g/mol. The molecule has 0 aliphatic heterocycles. The highest BCUT2D eigenvalue weighted by atomic mass is 19.4. The molecular weight excluding hydrogens is 222 g/mol. The Morgan fingerprint density at radius 2 is 1.88 bits per heavy atom. The highest BCUT2D eigenvalue weighted by Crippen LogP contribution is 2.47. The number of hydrogen-bond acceptors (Lipinski definition) is 1. The van der Waals surface area contributed by atoms with Gasteiger partial charge in [-0.25, -0.2) is 4.39 Å². The summed E-state index contributed by atoms with van der Waals surface area (Å²) in [5, 5.41) is 0. The summed E-state index contributed by atoms with van der Waals surface area (Å²) in [7, 11) is 0. The Kier molecular flexibility index (Phi) is 2.66. The number of nitrogens with two attached hydrogens (primary N) is 1. The largest absolute Gasteiger partial charge is 0.419 e. The Bertz CT molecular complexity index is 407. The van der Waals surface area contributed by atoms with Gasteiger partial charge in [0, 0.05) is 12.1 Å². The molecule has 16 heavy (non-hydrogen) atoms. The van der Waals surface area contributed by atoms with Crippen LogP contribution in [0.3, 0.4) is 0 Å². The monoisotopic (exact) mass is 233 g/mol. The molecule has 1 aromatic rings. The van der Waals surface area contributed by atoms with Crippen molar-refractivity contribution in [3.63, 3.8) is 0 Å². The molecule has 0 atom stereocenters. The summed E-state index contributed by atoms with van der Waals surface area (Å²) in [6.45, 7) is -0.222. The summed E-state index contributed by atoms with van der Waals surface area (Å²) in [5.41, 5.74) is 4.06. The molecule has 0 bridgehead atoms. The lowest BCUT2D eigenvalue weighted by atomic mass is 9.99. The Labute approximate surface area is 90.3 Å². The minimum absolute atomic E-state index is 0.0715. The van der Waals surface area contributed by atoms with E-state index in [0.29, 0.717) is 12.8 Å². The van der Waals surface area contributed by atoms with Gasteiger partial charge in [-0.2, -0.15) is 13.2 Å². The van der Waals surface area contributed by atoms with Crippen LogP contribution in [-0.2, 0) is 12.7 Å². The molecule has 1 aliphatic carbocycles. The fraction of sp³-hybridized carbons (Fsp3) is 0.455. The van der Waals surface area contributed by atoms with Crippen LogP contribution in [0.4, 0.5) is 17.6 Å². The molecule has 1 aliphatic rings. The zero-order valence-corrected chi connectivity index (χ0v) is 8.44. The van der Waals surface area contributed by atoms with Crippen molar-refractivity contribution in [2.75, 3.05) is 0 Å². The second kappa shape index (κ2) is 3.73. The third-order valence-electron chi connectivity index (χ3n) is 2.77. The minimum Gasteiger partial charge on any atom is -0.326 e. The predicted octanol–water partition coefficient (Wildman–Crippen LogP) is 3.18. The Hall–Kier alpha value is -1.10. The molecule has 0 radical (unpaired) electrons. The molecule has 1 fully saturated rings. The van der Waals surface area contributed by atoms with Gasteiger partial charge in [-0.15, -0.1) is 0 Å². The van der Waals surface area contributed by atoms with Gasteiger partial charge in [0.1, 0.15) is 5.82 Å². The van der Waals surface area contributed by atoms with Crippen molar-refractivity contribution in [2.24, 2.45) is 5.73 Å². The zero-order valence-electron chi connectivity index (χ0n) is 8.44. The summed E-state index contributed by atoms with van der Waals surface area (Å²) in [5.74, 6) is -1.35. The first-order valence-electron chi connectivity index (χ1n) is 5.03. The van der Waals surface area contributed by atoms with E-state index in [9.17, 15) is 17.6 Å². The maximum atomic E-state index is 13.6. The lowest BCUT2D eigenvalue weighted by Crippen LogP contribution is -2.15. The van der Waals surface area contributed by atoms with Gasteiger partial charge in [0.2, 0.25) is 0 Å². The number of rotatable bonds is 2. The Morgan fingerprint density at radius 3 is 2.31 bits per heavy atom. The maximum absolute atomic E-state index is 13.6. The maximum Gasteiger partial charge on any atom is 0.419 e. The Balaban J connectivity index is 2.58. The first-order valence-corrected chi connectivity index (χ1v) is 5.03. The number of hydrogen-bond donors (Lipinski definition) is 1. The lowest BCUT2D eigenvalue weighted by Gasteiger charge is -2.15. The Morgan fingerprint density at radius 1 is 1.25 bits per heavy atom. The van der Waals surface area contributed by atoms with E-state index in [0.717, 1.165) is 0 Å². The van der Waals surface area contributed by atoms with E-state index in [1.165, 1.54) is 12.1 Å². The van der Waals surface area contributed by atoms with Gasteiger partial charge in [-0.05, 0) is 24.3 Å². The van der Waals surface area contributed by atoms with Gasteiger partial charge in [0.05, 0.1) is 5.56 Å². The van der Waals surface area contributed by atoms with Crippen molar-refractivity contribution in [1.82, 2.24) is 0 Å². The SMILES string of the molecule is NCc1ccc(C2CC2)c(C(F)(F)F)c1F. The van der Waals surface area contributed by atoms with Gasteiger partial charge < -0.3 is 5.73 Å². The summed E-state index contributed by atoms with van der Waals surface area (Å²) >= 11 is 0. The van der Waals surface area contributed by atoms with E-state index in [1.54, 1.807) is 0 Å². The highest BCUT2D eigenvalue weighted by molar-refractivity contribution is 5.40. The topological polar surface area (TPSA) is 26.0 Å². The molecule has 0 unspecified atom stereocenters. The average Bonchev–Trinajstić information content (AvgIpc) is 2.98. The van der Waals surface area contributed by atoms with Crippen LogP contribution in [0, 0.1) is 5.82 Å². The van der Waals surface area contributed by atoms with E-state index in [-0.39, 0.29) is 23.6 Å². The van der Waals surface area contributed by atoms with E-state index >= 15 is 0 Å². The summed E-state index contributed by atoms with van der Waals surface area (Å²) in [6, 6.07) is 2.70. The molecule has 0 spiro atoms. The third-order valence-corrected chi connectivity index (χ3v) is 2.77. The number of benzene rings is 1. The second-order valence-corrected chi connectivity index (χ2v) is 3.98. The van der Waals surface area contributed by atoms with E-state index in [4.69, 9.17) is 5.73 Å². The molecule has 2 N–H and O–H groups in total. The van der Waals surface area contributed by atoms with Crippen LogP contribution in [0.15, 0.2) is 12.1 Å². The fourth-order valence-electron chi connectivity index (χ4n) is 1.81. The van der Waals surface area contributed by atoms with Crippen molar-refractivity contribution < 1.29 is 17.6 Å². The van der Waals surface area contributed by atoms with Crippen LogP contribution in [0.1, 0.15) is 35.4 Å². The van der Waals surface area contributed by atoms with Crippen molar-refractivity contribution in [1.29, 1.82) is 0 Å². The van der Waals surface area contributed by atoms with Crippen LogP contribution in [0.2, 0.25) is 0 Å². The van der Waals surface area contributed by atoms with Crippen LogP contribution in [0.25, 0.3) is 0 Å². The molecule has 5 heteroatoms. The van der Waals surface area contributed by atoms with Gasteiger partial charge >= 0.3 is 6.18 Å². The molecule has 1 nitrogen and oxygen atoms in total. The standard InChI is InChI=1S/C11H11F4N/c12-10-7(5-16)3-4-8(6-1-2-6)9(10)11(13,14)15/h3-4,6H,1-2,5,16H2. The molecular formula is C11H11F4N. The summed E-state index contributed by atoms with van der Waals surface area (Å²) in [4.78, 5) is 0. The van der Waals surface area contributed by atoms with Crippen molar-refractivity contribution in [3.8, 4) is 0 Å². The lowest BCUT2D eigenvalue weighted by molar-refractivity contribution is -0.140. The molecule has 1 aromatic carbocycles. The fourth-order valence-corrected chi connectivity index (χ4v) is 1.81. The van der Waals surface area contributed by atoms with Crippen LogP contribution >= 0.6 is 0 Å². The smallest absolute Gasteiger partial charge is 0.326 e. The van der Waals surface area contributed by atoms with E-state index < -0.39 is 17.6 Å². The quantitative estimate of drug-likeness (QED) is 0.780. The molecule has 2 rings (SSSR count). The molecule has 0 heterocycles. The normalized spacial score (nSPS) is 16.6. The van der Waals surface area contributed by atoms with E-state index in [1.807, 2.05) is 0 Å². The van der Waals surface area contributed by atoms with Crippen molar-refractivity contribution >= 4 is 0 Å². The van der Waals surface area contributed by atoms with Crippen molar-refractivity contribution in [3.05, 3.63) is 34.6 Å². The van der Waals surface area contributed by atoms with Gasteiger partial charge in [-0.3, -0.25) is 0 Å². The zero-order chi connectivity index (χ0) is 11.9. The van der Waals surface area contributed by atoms with Gasteiger partial charge in [0.15, 0.2) is 0 Å². The van der Waals surface area contributed by atoms with E-state index in [2.05, 4.69) is 0 Å². The van der Waals surface area contributed by atoms with Crippen molar-refractivity contribution in [2.45, 2.75) is 31.5 Å². The third kappa shape index (κ3) is 1.91. The first kappa shape index (κ1) is 11.4. The minimum atomic E-state index is -4.65. The molecule has 88 valence electrons. The first-order chi connectivity index (χ1) is 7.45. The molecule has 0 aromatic heterocycles. The molecule has 0 saturated heterocycles.